The van der Waals surface area contributed by atoms with E-state index in [1.54, 1.807) is 0 Å². The summed E-state index contributed by atoms with van der Waals surface area (Å²) in [6.45, 7) is 3.33. The number of amides is 2. The number of ether oxygens (including phenoxy) is 1. The Morgan fingerprint density at radius 3 is 2.58 bits per heavy atom. The lowest BCUT2D eigenvalue weighted by Crippen LogP contribution is -2.34. The predicted molar refractivity (Wildman–Crippen MR) is 96.8 cm³/mol. The highest BCUT2D eigenvalue weighted by atomic mass is 35.5. The van der Waals surface area contributed by atoms with Crippen LogP contribution in [0.4, 0.5) is 10.5 Å². The first-order valence-corrected chi connectivity index (χ1v) is 8.61. The lowest BCUT2D eigenvalue weighted by Gasteiger charge is -2.25. The van der Waals surface area contributed by atoms with Crippen LogP contribution in [0.15, 0.2) is 48.5 Å². The van der Waals surface area contributed by atoms with E-state index in [2.05, 4.69) is 5.32 Å². The number of hydrogen-bond acceptors (Lipinski definition) is 2. The molecule has 1 aliphatic rings. The van der Waals surface area contributed by atoms with Crippen LogP contribution >= 0.6 is 11.6 Å². The molecule has 1 aliphatic heterocycles. The molecule has 0 radical (unpaired) electrons. The zero-order valence-corrected chi connectivity index (χ0v) is 14.4. The molecule has 0 aliphatic carbocycles. The molecule has 1 N–H and O–H groups in total. The molecule has 0 unspecified atom stereocenters. The van der Waals surface area contributed by atoms with Crippen LogP contribution in [0, 0.1) is 0 Å². The highest BCUT2D eigenvalue weighted by molar-refractivity contribution is 6.30. The molecule has 0 spiro atoms. The lowest BCUT2D eigenvalue weighted by atomic mass is 10.1. The summed E-state index contributed by atoms with van der Waals surface area (Å²) < 4.78 is 5.42. The van der Waals surface area contributed by atoms with E-state index in [-0.39, 0.29) is 12.1 Å². The second kappa shape index (κ2) is 7.58. The van der Waals surface area contributed by atoms with E-state index < -0.39 is 0 Å². The quantitative estimate of drug-likeness (QED) is 0.837. The van der Waals surface area contributed by atoms with Gasteiger partial charge in [-0.15, -0.1) is 0 Å². The molecule has 1 saturated heterocycles. The van der Waals surface area contributed by atoms with Gasteiger partial charge in [0.2, 0.25) is 0 Å². The van der Waals surface area contributed by atoms with Crippen molar-refractivity contribution in [2.45, 2.75) is 25.8 Å². The molecule has 0 saturated carbocycles. The molecule has 4 nitrogen and oxygen atoms in total. The smallest absolute Gasteiger partial charge is 0.322 e. The molecule has 126 valence electrons. The topological polar surface area (TPSA) is 41.6 Å². The van der Waals surface area contributed by atoms with Crippen LogP contribution in [-0.2, 0) is 0 Å². The molecule has 0 aromatic heterocycles. The Bertz CT molecular complexity index is 686. The van der Waals surface area contributed by atoms with Crippen LogP contribution in [0.5, 0.6) is 5.75 Å². The van der Waals surface area contributed by atoms with Gasteiger partial charge in [-0.25, -0.2) is 4.79 Å². The molecule has 2 aromatic carbocycles. The Kier molecular flexibility index (Phi) is 5.26. The van der Waals surface area contributed by atoms with Crippen LogP contribution in [-0.4, -0.2) is 24.1 Å². The molecular formula is C19H21ClN2O2. The van der Waals surface area contributed by atoms with Crippen molar-refractivity contribution in [3.63, 3.8) is 0 Å². The minimum Gasteiger partial charge on any atom is -0.494 e. The number of likely N-dealkylation sites (tertiary alicyclic amines) is 1. The summed E-state index contributed by atoms with van der Waals surface area (Å²) in [7, 11) is 0. The van der Waals surface area contributed by atoms with E-state index in [0.717, 1.165) is 36.4 Å². The number of halogens is 1. The normalized spacial score (nSPS) is 16.9. The second-order valence-electron chi connectivity index (χ2n) is 5.79. The predicted octanol–water partition coefficient (Wildman–Crippen LogP) is 5.11. The number of anilines is 1. The molecule has 2 amide bonds. The molecule has 5 heteroatoms. The first kappa shape index (κ1) is 16.7. The molecule has 24 heavy (non-hydrogen) atoms. The third kappa shape index (κ3) is 3.82. The van der Waals surface area contributed by atoms with E-state index in [1.165, 1.54) is 0 Å². The third-order valence-corrected chi connectivity index (χ3v) is 4.44. The maximum absolute atomic E-state index is 12.6. The molecule has 3 rings (SSSR count). The zero-order valence-electron chi connectivity index (χ0n) is 13.7. The minimum absolute atomic E-state index is 0.0726. The van der Waals surface area contributed by atoms with Crippen LogP contribution in [0.1, 0.15) is 31.4 Å². The van der Waals surface area contributed by atoms with E-state index in [9.17, 15) is 4.79 Å². The van der Waals surface area contributed by atoms with Gasteiger partial charge in [0.25, 0.3) is 0 Å². The Balaban J connectivity index is 1.68. The highest BCUT2D eigenvalue weighted by Crippen LogP contribution is 2.33. The van der Waals surface area contributed by atoms with Gasteiger partial charge in [0.15, 0.2) is 0 Å². The maximum Gasteiger partial charge on any atom is 0.322 e. The molecule has 0 bridgehead atoms. The summed E-state index contributed by atoms with van der Waals surface area (Å²) in [5, 5.41) is 3.68. The van der Waals surface area contributed by atoms with Crippen molar-refractivity contribution in [2.75, 3.05) is 18.5 Å². The fourth-order valence-electron chi connectivity index (χ4n) is 3.04. The van der Waals surface area contributed by atoms with Crippen molar-refractivity contribution in [3.8, 4) is 5.75 Å². The van der Waals surface area contributed by atoms with Crippen LogP contribution in [0.3, 0.4) is 0 Å². The summed E-state index contributed by atoms with van der Waals surface area (Å²) in [5.74, 6) is 0.802. The van der Waals surface area contributed by atoms with Crippen molar-refractivity contribution >= 4 is 23.3 Å². The van der Waals surface area contributed by atoms with E-state index in [4.69, 9.17) is 16.3 Å². The van der Waals surface area contributed by atoms with Gasteiger partial charge >= 0.3 is 6.03 Å². The monoisotopic (exact) mass is 344 g/mol. The fourth-order valence-corrected chi connectivity index (χ4v) is 3.16. The first-order valence-electron chi connectivity index (χ1n) is 8.23. The average molecular weight is 345 g/mol. The molecule has 1 atom stereocenters. The number of nitrogens with one attached hydrogen (secondary N) is 1. The number of hydrogen-bond donors (Lipinski definition) is 1. The second-order valence-corrected chi connectivity index (χ2v) is 6.23. The van der Waals surface area contributed by atoms with Crippen molar-refractivity contribution in [1.29, 1.82) is 0 Å². The zero-order chi connectivity index (χ0) is 16.9. The standard InChI is InChI=1S/C19H21ClN2O2/c1-2-24-17-11-9-16(10-12-17)21-19(23)22-13-3-4-18(22)14-5-7-15(20)8-6-14/h5-12,18H,2-4,13H2,1H3,(H,21,23)/t18-/m0/s1. The van der Waals surface area contributed by atoms with Gasteiger partial charge in [-0.3, -0.25) is 0 Å². The van der Waals surface area contributed by atoms with Crippen LogP contribution < -0.4 is 10.1 Å². The average Bonchev–Trinajstić information content (AvgIpc) is 3.07. The van der Waals surface area contributed by atoms with Gasteiger partial charge in [-0.05, 0) is 61.7 Å². The maximum atomic E-state index is 12.6. The van der Waals surface area contributed by atoms with Crippen molar-refractivity contribution in [3.05, 3.63) is 59.1 Å². The Labute approximate surface area is 147 Å². The van der Waals surface area contributed by atoms with Gasteiger partial charge in [-0.2, -0.15) is 0 Å². The molecule has 1 fully saturated rings. The fraction of sp³-hybridized carbons (Fsp3) is 0.316. The summed E-state index contributed by atoms with van der Waals surface area (Å²) in [5.41, 5.74) is 1.89. The Hall–Kier alpha value is -2.20. The largest absolute Gasteiger partial charge is 0.494 e. The summed E-state index contributed by atoms with van der Waals surface area (Å²) in [6, 6.07) is 15.2. The van der Waals surface area contributed by atoms with E-state index in [1.807, 2.05) is 60.4 Å². The lowest BCUT2D eigenvalue weighted by molar-refractivity contribution is 0.207. The number of carbonyl (C=O) groups is 1. The number of nitrogens with zero attached hydrogens (tertiary/aromatic N) is 1. The van der Waals surface area contributed by atoms with Gasteiger partial charge < -0.3 is 15.0 Å². The molecule has 1 heterocycles. The van der Waals surface area contributed by atoms with E-state index >= 15 is 0 Å². The SMILES string of the molecule is CCOc1ccc(NC(=O)N2CCC[C@H]2c2ccc(Cl)cc2)cc1. The third-order valence-electron chi connectivity index (χ3n) is 4.19. The number of rotatable bonds is 4. The van der Waals surface area contributed by atoms with Gasteiger partial charge in [0.1, 0.15) is 5.75 Å². The summed E-state index contributed by atoms with van der Waals surface area (Å²) in [4.78, 5) is 14.5. The van der Waals surface area contributed by atoms with Gasteiger partial charge in [-0.1, -0.05) is 23.7 Å². The van der Waals surface area contributed by atoms with E-state index in [0.29, 0.717) is 11.6 Å². The van der Waals surface area contributed by atoms with Crippen molar-refractivity contribution in [1.82, 2.24) is 4.90 Å². The van der Waals surface area contributed by atoms with Gasteiger partial charge in [0.05, 0.1) is 12.6 Å². The molecule has 2 aromatic rings. The molecular weight excluding hydrogens is 324 g/mol. The highest BCUT2D eigenvalue weighted by Gasteiger charge is 2.29. The minimum atomic E-state index is -0.0726. The Morgan fingerprint density at radius 2 is 1.92 bits per heavy atom. The number of urea groups is 1. The van der Waals surface area contributed by atoms with Crippen molar-refractivity contribution in [2.24, 2.45) is 0 Å². The first-order chi connectivity index (χ1) is 11.7. The van der Waals surface area contributed by atoms with Crippen LogP contribution in [0.25, 0.3) is 0 Å². The van der Waals surface area contributed by atoms with Crippen LogP contribution in [0.2, 0.25) is 5.02 Å². The number of carbonyl (C=O) groups excluding carboxylic acids is 1. The summed E-state index contributed by atoms with van der Waals surface area (Å²) >= 11 is 5.96. The van der Waals surface area contributed by atoms with Crippen molar-refractivity contribution < 1.29 is 9.53 Å². The Morgan fingerprint density at radius 1 is 1.21 bits per heavy atom. The number of benzene rings is 2. The van der Waals surface area contributed by atoms with Gasteiger partial charge in [0, 0.05) is 17.3 Å². The summed E-state index contributed by atoms with van der Waals surface area (Å²) in [6.07, 6.45) is 1.97.